The first-order chi connectivity index (χ1) is 12.7. The summed E-state index contributed by atoms with van der Waals surface area (Å²) in [7, 11) is 1.42. The van der Waals surface area contributed by atoms with E-state index in [1.165, 1.54) is 13.2 Å². The molecule has 27 heavy (non-hydrogen) atoms. The van der Waals surface area contributed by atoms with Gasteiger partial charge >= 0.3 is 11.7 Å². The van der Waals surface area contributed by atoms with Gasteiger partial charge in [-0.1, -0.05) is 0 Å². The largest absolute Gasteiger partial charge is 0.461 e. The molecule has 1 amide bonds. The van der Waals surface area contributed by atoms with Gasteiger partial charge in [-0.05, 0) is 38.1 Å². The van der Waals surface area contributed by atoms with E-state index in [0.717, 1.165) is 0 Å². The van der Waals surface area contributed by atoms with E-state index in [0.29, 0.717) is 16.7 Å². The molecule has 0 radical (unpaired) electrons. The molecule has 2 aromatic rings. The fourth-order valence-corrected chi connectivity index (χ4v) is 3.21. The fourth-order valence-electron chi connectivity index (χ4n) is 3.21. The maximum absolute atomic E-state index is 11.3. The number of methoxy groups -OCH3 is 1. The Kier molecular flexibility index (Phi) is 5.09. The average molecular weight is 379 g/mol. The molecule has 1 fully saturated rings. The zero-order valence-electron chi connectivity index (χ0n) is 15.1. The van der Waals surface area contributed by atoms with Gasteiger partial charge in [-0.3, -0.25) is 0 Å². The summed E-state index contributed by atoms with van der Waals surface area (Å²) in [4.78, 5) is 22.5. The first kappa shape index (κ1) is 19.2. The predicted octanol–water partition coefficient (Wildman–Crippen LogP) is 1.15. The molecular formula is C18H21NO8. The Balaban J connectivity index is 1.91. The molecule has 0 bridgehead atoms. The zero-order chi connectivity index (χ0) is 19.8. The number of hydrogen-bond acceptors (Lipinski definition) is 8. The number of carbonyl (C=O) groups excluding carboxylic acids is 1. The minimum Gasteiger partial charge on any atom is -0.461 e. The molecule has 1 aromatic carbocycles. The number of carbonyl (C=O) groups is 1. The highest BCUT2D eigenvalue weighted by molar-refractivity contribution is 5.77. The second kappa shape index (κ2) is 7.18. The van der Waals surface area contributed by atoms with E-state index in [2.05, 4.69) is 0 Å². The monoisotopic (exact) mass is 379 g/mol. The van der Waals surface area contributed by atoms with Crippen molar-refractivity contribution < 1.29 is 33.3 Å². The van der Waals surface area contributed by atoms with Crippen molar-refractivity contribution in [2.75, 3.05) is 7.11 Å². The highest BCUT2D eigenvalue weighted by atomic mass is 16.7. The van der Waals surface area contributed by atoms with Crippen molar-refractivity contribution in [3.05, 3.63) is 40.8 Å². The van der Waals surface area contributed by atoms with Crippen LogP contribution < -0.4 is 16.1 Å². The van der Waals surface area contributed by atoms with Gasteiger partial charge in [-0.25, -0.2) is 9.59 Å². The molecule has 0 spiro atoms. The molecule has 1 aliphatic heterocycles. The summed E-state index contributed by atoms with van der Waals surface area (Å²) in [5.41, 5.74) is 4.12. The van der Waals surface area contributed by atoms with Gasteiger partial charge in [0, 0.05) is 18.6 Å². The molecule has 0 aliphatic carbocycles. The Morgan fingerprint density at radius 1 is 1.26 bits per heavy atom. The summed E-state index contributed by atoms with van der Waals surface area (Å²) in [6.07, 6.45) is -5.42. The molecule has 9 heteroatoms. The van der Waals surface area contributed by atoms with Crippen LogP contribution in [0.15, 0.2) is 39.5 Å². The number of fused-ring (bicyclic) bond motifs is 1. The molecule has 2 heterocycles. The van der Waals surface area contributed by atoms with E-state index in [4.69, 9.17) is 29.1 Å². The van der Waals surface area contributed by atoms with Crippen molar-refractivity contribution in [3.63, 3.8) is 0 Å². The van der Waals surface area contributed by atoms with Crippen molar-refractivity contribution in [3.8, 4) is 5.75 Å². The molecule has 4 atom stereocenters. The highest BCUT2D eigenvalue weighted by Crippen LogP contribution is 2.34. The first-order valence-electron chi connectivity index (χ1n) is 8.26. The normalized spacial score (nSPS) is 27.3. The maximum Gasteiger partial charge on any atom is 0.405 e. The van der Waals surface area contributed by atoms with Crippen LogP contribution in [0.5, 0.6) is 5.75 Å². The number of hydrogen-bond donors (Lipinski definition) is 2. The van der Waals surface area contributed by atoms with Crippen LogP contribution in [0.25, 0.3) is 11.0 Å². The summed E-state index contributed by atoms with van der Waals surface area (Å²) in [5.74, 6) is 0.360. The molecule has 0 saturated carbocycles. The van der Waals surface area contributed by atoms with Crippen LogP contribution in [0, 0.1) is 0 Å². The van der Waals surface area contributed by atoms with E-state index in [1.807, 2.05) is 0 Å². The van der Waals surface area contributed by atoms with Gasteiger partial charge in [0.2, 0.25) is 6.29 Å². The highest BCUT2D eigenvalue weighted by Gasteiger charge is 2.52. The third-order valence-electron chi connectivity index (χ3n) is 4.37. The number of benzene rings is 1. The Labute approximate surface area is 154 Å². The lowest BCUT2D eigenvalue weighted by molar-refractivity contribution is -0.304. The third kappa shape index (κ3) is 3.90. The van der Waals surface area contributed by atoms with Crippen LogP contribution >= 0.6 is 0 Å². The number of ether oxygens (including phenoxy) is 4. The Bertz CT molecular complexity index is 892. The molecule has 0 unspecified atom stereocenters. The standard InChI is InChI=1S/C18H21NO8/c1-18(2)15(23-3)13(21)14(26-17(19)22)16(27-18)24-10-5-6-11-9(8-10)4-7-12(20)25-11/h4-8,13-16,21H,1-3H3,(H2,19,22)/t13-,14+,15+,16+/m0/s1. The van der Waals surface area contributed by atoms with E-state index >= 15 is 0 Å². The Morgan fingerprint density at radius 3 is 2.67 bits per heavy atom. The second-order valence-electron chi connectivity index (χ2n) is 6.71. The topological polar surface area (TPSA) is 130 Å². The predicted molar refractivity (Wildman–Crippen MR) is 93.3 cm³/mol. The van der Waals surface area contributed by atoms with E-state index in [1.54, 1.807) is 38.1 Å². The number of aliphatic hydroxyl groups is 1. The van der Waals surface area contributed by atoms with Crippen molar-refractivity contribution >= 4 is 17.1 Å². The van der Waals surface area contributed by atoms with Gasteiger partial charge in [0.1, 0.15) is 23.5 Å². The molecule has 3 rings (SSSR count). The number of aliphatic hydroxyl groups excluding tert-OH is 1. The zero-order valence-corrected chi connectivity index (χ0v) is 15.1. The summed E-state index contributed by atoms with van der Waals surface area (Å²) < 4.78 is 27.1. The molecule has 3 N–H and O–H groups in total. The Morgan fingerprint density at radius 2 is 2.00 bits per heavy atom. The minimum atomic E-state index is -1.23. The van der Waals surface area contributed by atoms with Gasteiger partial charge in [-0.2, -0.15) is 0 Å². The molecular weight excluding hydrogens is 358 g/mol. The molecule has 1 aromatic heterocycles. The van der Waals surface area contributed by atoms with Gasteiger partial charge in [-0.15, -0.1) is 0 Å². The molecule has 146 valence electrons. The summed E-state index contributed by atoms with van der Waals surface area (Å²) in [5, 5.41) is 11.2. The average Bonchev–Trinajstić information content (AvgIpc) is 2.58. The lowest BCUT2D eigenvalue weighted by atomic mass is 9.89. The fraction of sp³-hybridized carbons (Fsp3) is 0.444. The number of amides is 1. The van der Waals surface area contributed by atoms with Gasteiger partial charge in [0.25, 0.3) is 0 Å². The van der Waals surface area contributed by atoms with Crippen LogP contribution in [0.2, 0.25) is 0 Å². The van der Waals surface area contributed by atoms with E-state index < -0.39 is 41.9 Å². The van der Waals surface area contributed by atoms with Crippen LogP contribution in [0.3, 0.4) is 0 Å². The van der Waals surface area contributed by atoms with E-state index in [9.17, 15) is 14.7 Å². The van der Waals surface area contributed by atoms with Gasteiger partial charge in [0.05, 0.1) is 5.60 Å². The van der Waals surface area contributed by atoms with Crippen molar-refractivity contribution in [2.24, 2.45) is 5.73 Å². The number of rotatable bonds is 4. The minimum absolute atomic E-state index is 0.360. The number of nitrogens with two attached hydrogens (primary N) is 1. The summed E-state index contributed by atoms with van der Waals surface area (Å²) in [6.45, 7) is 3.44. The van der Waals surface area contributed by atoms with Gasteiger partial charge < -0.3 is 34.2 Å². The summed E-state index contributed by atoms with van der Waals surface area (Å²) >= 11 is 0. The quantitative estimate of drug-likeness (QED) is 0.757. The van der Waals surface area contributed by atoms with Crippen LogP contribution in [0.1, 0.15) is 13.8 Å². The van der Waals surface area contributed by atoms with Gasteiger partial charge in [0.15, 0.2) is 6.10 Å². The molecule has 1 saturated heterocycles. The van der Waals surface area contributed by atoms with Crippen molar-refractivity contribution in [1.82, 2.24) is 0 Å². The third-order valence-corrected chi connectivity index (χ3v) is 4.37. The van der Waals surface area contributed by atoms with Crippen LogP contribution in [-0.4, -0.2) is 48.5 Å². The molecule has 9 nitrogen and oxygen atoms in total. The summed E-state index contributed by atoms with van der Waals surface area (Å²) in [6, 6.07) is 7.64. The molecule has 1 aliphatic rings. The Hall–Kier alpha value is -2.62. The van der Waals surface area contributed by atoms with E-state index in [-0.39, 0.29) is 0 Å². The van der Waals surface area contributed by atoms with Crippen LogP contribution in [0.4, 0.5) is 4.79 Å². The van der Waals surface area contributed by atoms with Crippen molar-refractivity contribution in [2.45, 2.75) is 44.1 Å². The lowest BCUT2D eigenvalue weighted by Crippen LogP contribution is -2.65. The second-order valence-corrected chi connectivity index (χ2v) is 6.71. The lowest BCUT2D eigenvalue weighted by Gasteiger charge is -2.47. The van der Waals surface area contributed by atoms with Crippen molar-refractivity contribution in [1.29, 1.82) is 0 Å². The first-order valence-corrected chi connectivity index (χ1v) is 8.26. The smallest absolute Gasteiger partial charge is 0.405 e. The maximum atomic E-state index is 11.3. The number of primary amides is 1. The SMILES string of the molecule is CO[C@@H]1[C@@H](O)[C@@H](OC(N)=O)[C@H](Oc2ccc3oc(=O)ccc3c2)OC1(C)C. The van der Waals surface area contributed by atoms with Crippen LogP contribution in [-0.2, 0) is 14.2 Å².